The molecule has 0 saturated heterocycles. The second-order valence-electron chi connectivity index (χ2n) is 4.06. The van der Waals surface area contributed by atoms with Crippen molar-refractivity contribution in [2.24, 2.45) is 0 Å². The molecule has 0 aliphatic carbocycles. The molecule has 1 unspecified atom stereocenters. The molecule has 0 bridgehead atoms. The van der Waals surface area contributed by atoms with Crippen molar-refractivity contribution in [1.82, 2.24) is 9.97 Å². The van der Waals surface area contributed by atoms with Gasteiger partial charge < -0.3 is 20.4 Å². The van der Waals surface area contributed by atoms with Crippen LogP contribution in [0.4, 0.5) is 11.6 Å². The van der Waals surface area contributed by atoms with Gasteiger partial charge in [-0.05, 0) is 6.92 Å². The Hall–Kier alpha value is -1.89. The lowest BCUT2D eigenvalue weighted by Crippen LogP contribution is -2.22. The maximum absolute atomic E-state index is 10.5. The van der Waals surface area contributed by atoms with E-state index in [1.807, 2.05) is 0 Å². The third-order valence-electron chi connectivity index (χ3n) is 2.28. The number of aliphatic hydroxyl groups excluding tert-OH is 1. The number of aliphatic hydroxyl groups is 1. The van der Waals surface area contributed by atoms with Crippen LogP contribution in [0.15, 0.2) is 12.4 Å². The van der Waals surface area contributed by atoms with E-state index in [9.17, 15) is 4.79 Å². The lowest BCUT2D eigenvalue weighted by molar-refractivity contribution is -0.136. The van der Waals surface area contributed by atoms with Crippen molar-refractivity contribution in [3.05, 3.63) is 12.4 Å². The van der Waals surface area contributed by atoms with Crippen molar-refractivity contribution in [1.29, 1.82) is 0 Å². The second-order valence-corrected chi connectivity index (χ2v) is 4.06. The molecular formula is C11H18N4O3. The second kappa shape index (κ2) is 6.75. The highest BCUT2D eigenvalue weighted by Crippen LogP contribution is 2.12. The van der Waals surface area contributed by atoms with Crippen molar-refractivity contribution >= 4 is 17.6 Å². The molecule has 0 radical (unpaired) electrons. The van der Waals surface area contributed by atoms with Crippen LogP contribution in [0.1, 0.15) is 13.3 Å². The normalized spacial score (nSPS) is 11.9. The van der Waals surface area contributed by atoms with Crippen LogP contribution in [0.2, 0.25) is 0 Å². The van der Waals surface area contributed by atoms with Crippen LogP contribution in [-0.4, -0.2) is 52.4 Å². The van der Waals surface area contributed by atoms with Gasteiger partial charge in [0.2, 0.25) is 0 Å². The van der Waals surface area contributed by atoms with Gasteiger partial charge in [-0.1, -0.05) is 0 Å². The van der Waals surface area contributed by atoms with Crippen LogP contribution in [0, 0.1) is 0 Å². The minimum atomic E-state index is -0.844. The first-order valence-corrected chi connectivity index (χ1v) is 5.66. The topological polar surface area (TPSA) is 98.6 Å². The number of hydrogen-bond donors (Lipinski definition) is 3. The summed E-state index contributed by atoms with van der Waals surface area (Å²) in [6.45, 7) is 2.45. The number of carbonyl (C=O) groups is 1. The van der Waals surface area contributed by atoms with E-state index in [2.05, 4.69) is 15.3 Å². The Kier molecular flexibility index (Phi) is 5.31. The van der Waals surface area contributed by atoms with Gasteiger partial charge in [0.25, 0.3) is 0 Å². The molecule has 1 atom stereocenters. The Morgan fingerprint density at radius 1 is 1.56 bits per heavy atom. The third-order valence-corrected chi connectivity index (χ3v) is 2.28. The Morgan fingerprint density at radius 3 is 2.89 bits per heavy atom. The number of aromatic nitrogens is 2. The maximum atomic E-state index is 10.5. The lowest BCUT2D eigenvalue weighted by Gasteiger charge is -2.17. The molecule has 7 nitrogen and oxygen atoms in total. The minimum absolute atomic E-state index is 0.0525. The summed E-state index contributed by atoms with van der Waals surface area (Å²) in [7, 11) is 1.77. The van der Waals surface area contributed by atoms with Crippen molar-refractivity contribution in [3.8, 4) is 0 Å². The molecule has 0 fully saturated rings. The van der Waals surface area contributed by atoms with Crippen molar-refractivity contribution in [2.45, 2.75) is 19.4 Å². The van der Waals surface area contributed by atoms with Crippen LogP contribution in [-0.2, 0) is 4.79 Å². The molecule has 0 saturated carbocycles. The SMILES string of the molecule is CC(O)CNc1cc(N(C)CCC(=O)O)ncn1. The number of carboxylic acids is 1. The quantitative estimate of drug-likeness (QED) is 0.638. The Balaban J connectivity index is 2.60. The molecule has 3 N–H and O–H groups in total. The Labute approximate surface area is 105 Å². The molecule has 1 aromatic heterocycles. The van der Waals surface area contributed by atoms with Gasteiger partial charge in [-0.15, -0.1) is 0 Å². The summed E-state index contributed by atoms with van der Waals surface area (Å²) < 4.78 is 0. The van der Waals surface area contributed by atoms with E-state index in [1.165, 1.54) is 6.33 Å². The zero-order valence-electron chi connectivity index (χ0n) is 10.5. The standard InChI is InChI=1S/C11H18N4O3/c1-8(16)6-12-9-5-10(14-7-13-9)15(2)4-3-11(17)18/h5,7-8,16H,3-4,6H2,1-2H3,(H,17,18)(H,12,13,14). The molecule has 7 heteroatoms. The summed E-state index contributed by atoms with van der Waals surface area (Å²) in [5.41, 5.74) is 0. The summed E-state index contributed by atoms with van der Waals surface area (Å²) in [6.07, 6.45) is 0.988. The smallest absolute Gasteiger partial charge is 0.305 e. The van der Waals surface area contributed by atoms with E-state index in [0.717, 1.165) is 0 Å². The zero-order valence-corrected chi connectivity index (χ0v) is 10.5. The van der Waals surface area contributed by atoms with Gasteiger partial charge in [0.05, 0.1) is 12.5 Å². The van der Waals surface area contributed by atoms with E-state index < -0.39 is 12.1 Å². The van der Waals surface area contributed by atoms with E-state index in [4.69, 9.17) is 10.2 Å². The number of hydrogen-bond acceptors (Lipinski definition) is 6. The number of aliphatic carboxylic acids is 1. The molecule has 0 spiro atoms. The first kappa shape index (κ1) is 14.2. The molecule has 0 aromatic carbocycles. The van der Waals surface area contributed by atoms with E-state index in [-0.39, 0.29) is 6.42 Å². The average molecular weight is 254 g/mol. The molecular weight excluding hydrogens is 236 g/mol. The van der Waals surface area contributed by atoms with E-state index in [0.29, 0.717) is 24.7 Å². The monoisotopic (exact) mass is 254 g/mol. The molecule has 100 valence electrons. The molecule has 0 aliphatic rings. The number of rotatable bonds is 7. The fourth-order valence-corrected chi connectivity index (χ4v) is 1.28. The van der Waals surface area contributed by atoms with Crippen LogP contribution < -0.4 is 10.2 Å². The Morgan fingerprint density at radius 2 is 2.28 bits per heavy atom. The van der Waals surface area contributed by atoms with Crippen LogP contribution in [0.25, 0.3) is 0 Å². The number of anilines is 2. The van der Waals surface area contributed by atoms with Gasteiger partial charge in [0, 0.05) is 26.2 Å². The summed E-state index contributed by atoms with van der Waals surface area (Å²) >= 11 is 0. The average Bonchev–Trinajstić information content (AvgIpc) is 2.33. The largest absolute Gasteiger partial charge is 0.481 e. The molecule has 0 amide bonds. The van der Waals surface area contributed by atoms with Gasteiger partial charge in [0.15, 0.2) is 0 Å². The third kappa shape index (κ3) is 4.96. The predicted octanol–water partition coefficient (Wildman–Crippen LogP) is 0.180. The van der Waals surface area contributed by atoms with Crippen LogP contribution in [0.3, 0.4) is 0 Å². The van der Waals surface area contributed by atoms with Gasteiger partial charge in [-0.2, -0.15) is 0 Å². The fourth-order valence-electron chi connectivity index (χ4n) is 1.28. The van der Waals surface area contributed by atoms with Crippen molar-refractivity contribution in [3.63, 3.8) is 0 Å². The summed E-state index contributed by atoms with van der Waals surface area (Å²) in [5, 5.41) is 20.7. The first-order chi connectivity index (χ1) is 8.49. The van der Waals surface area contributed by atoms with Gasteiger partial charge >= 0.3 is 5.97 Å². The number of carboxylic acid groups (broad SMARTS) is 1. The maximum Gasteiger partial charge on any atom is 0.305 e. The van der Waals surface area contributed by atoms with Crippen molar-refractivity contribution in [2.75, 3.05) is 30.4 Å². The van der Waals surface area contributed by atoms with E-state index in [1.54, 1.807) is 24.9 Å². The molecule has 18 heavy (non-hydrogen) atoms. The minimum Gasteiger partial charge on any atom is -0.481 e. The predicted molar refractivity (Wildman–Crippen MR) is 67.7 cm³/mol. The highest BCUT2D eigenvalue weighted by Gasteiger charge is 2.06. The summed E-state index contributed by atoms with van der Waals surface area (Å²) in [6, 6.07) is 1.71. The summed E-state index contributed by atoms with van der Waals surface area (Å²) in [5.74, 6) is 0.394. The van der Waals surface area contributed by atoms with Gasteiger partial charge in [-0.3, -0.25) is 4.79 Å². The Bertz CT molecular complexity index is 398. The molecule has 1 aromatic rings. The molecule has 1 heterocycles. The molecule has 1 rings (SSSR count). The highest BCUT2D eigenvalue weighted by molar-refractivity contribution is 5.67. The van der Waals surface area contributed by atoms with Gasteiger partial charge in [0.1, 0.15) is 18.0 Å². The highest BCUT2D eigenvalue weighted by atomic mass is 16.4. The summed E-state index contributed by atoms with van der Waals surface area (Å²) in [4.78, 5) is 20.3. The number of nitrogens with zero attached hydrogens (tertiary/aromatic N) is 3. The number of nitrogens with one attached hydrogen (secondary N) is 1. The van der Waals surface area contributed by atoms with E-state index >= 15 is 0 Å². The fraction of sp³-hybridized carbons (Fsp3) is 0.545. The van der Waals surface area contributed by atoms with Crippen LogP contribution in [0.5, 0.6) is 0 Å². The lowest BCUT2D eigenvalue weighted by atomic mass is 10.3. The first-order valence-electron chi connectivity index (χ1n) is 5.66. The molecule has 0 aliphatic heterocycles. The van der Waals surface area contributed by atoms with Crippen molar-refractivity contribution < 1.29 is 15.0 Å². The zero-order chi connectivity index (χ0) is 13.5. The van der Waals surface area contributed by atoms with Gasteiger partial charge in [-0.25, -0.2) is 9.97 Å². The van der Waals surface area contributed by atoms with Crippen LogP contribution >= 0.6 is 0 Å².